The average Bonchev–Trinajstić information content (AvgIpc) is 2.70. The van der Waals surface area contributed by atoms with E-state index in [1.807, 2.05) is 13.0 Å². The van der Waals surface area contributed by atoms with Crippen LogP contribution in [0.1, 0.15) is 44.6 Å². The number of nitrogens with one attached hydrogen (secondary N) is 1. The minimum atomic E-state index is 0.0362. The minimum absolute atomic E-state index is 0.0362. The van der Waals surface area contributed by atoms with Crippen molar-refractivity contribution >= 4 is 5.91 Å². The van der Waals surface area contributed by atoms with Crippen molar-refractivity contribution in [3.05, 3.63) is 17.5 Å². The van der Waals surface area contributed by atoms with Crippen molar-refractivity contribution in [2.24, 2.45) is 11.1 Å². The number of nitrogens with zero attached hydrogens (tertiary/aromatic N) is 1. The fourth-order valence-electron chi connectivity index (χ4n) is 1.74. The molecule has 0 radical (unpaired) electrons. The summed E-state index contributed by atoms with van der Waals surface area (Å²) < 4.78 is 5.02. The standard InChI is InChI=1S/C13H23N3O2/c1-10-8-11(18-16-10)9-15-12(17)4-5-13(2,3)6-7-14/h8H,4-7,9,14H2,1-3H3,(H,15,17). The fourth-order valence-corrected chi connectivity index (χ4v) is 1.74. The lowest BCUT2D eigenvalue weighted by molar-refractivity contribution is -0.121. The number of nitrogens with two attached hydrogens (primary N) is 1. The van der Waals surface area contributed by atoms with E-state index in [9.17, 15) is 4.79 Å². The Kier molecular flexibility index (Phi) is 5.34. The molecule has 1 aromatic rings. The van der Waals surface area contributed by atoms with Gasteiger partial charge >= 0.3 is 0 Å². The first-order valence-corrected chi connectivity index (χ1v) is 6.32. The summed E-state index contributed by atoms with van der Waals surface area (Å²) in [5.41, 5.74) is 6.48. The molecular weight excluding hydrogens is 230 g/mol. The molecule has 0 spiro atoms. The molecule has 18 heavy (non-hydrogen) atoms. The fraction of sp³-hybridized carbons (Fsp3) is 0.692. The smallest absolute Gasteiger partial charge is 0.220 e. The summed E-state index contributed by atoms with van der Waals surface area (Å²) in [7, 11) is 0. The highest BCUT2D eigenvalue weighted by Gasteiger charge is 2.18. The van der Waals surface area contributed by atoms with E-state index in [0.29, 0.717) is 25.3 Å². The molecule has 3 N–H and O–H groups in total. The third-order valence-electron chi connectivity index (χ3n) is 2.99. The lowest BCUT2D eigenvalue weighted by Gasteiger charge is -2.23. The number of aryl methyl sites for hydroxylation is 1. The molecule has 5 heteroatoms. The summed E-state index contributed by atoms with van der Waals surface area (Å²) in [6.07, 6.45) is 2.28. The second-order valence-electron chi connectivity index (χ2n) is 5.41. The summed E-state index contributed by atoms with van der Waals surface area (Å²) in [5, 5.41) is 6.59. The van der Waals surface area contributed by atoms with Gasteiger partial charge in [0.2, 0.25) is 5.91 Å². The minimum Gasteiger partial charge on any atom is -0.359 e. The number of carbonyl (C=O) groups is 1. The van der Waals surface area contributed by atoms with E-state index in [2.05, 4.69) is 24.3 Å². The Morgan fingerprint density at radius 2 is 2.22 bits per heavy atom. The molecule has 0 aliphatic rings. The first-order valence-electron chi connectivity index (χ1n) is 6.32. The van der Waals surface area contributed by atoms with Crippen molar-refractivity contribution in [3.63, 3.8) is 0 Å². The molecule has 0 aliphatic carbocycles. The number of hydrogen-bond acceptors (Lipinski definition) is 4. The van der Waals surface area contributed by atoms with Gasteiger partial charge < -0.3 is 15.6 Å². The Hall–Kier alpha value is -1.36. The summed E-state index contributed by atoms with van der Waals surface area (Å²) in [6, 6.07) is 1.82. The summed E-state index contributed by atoms with van der Waals surface area (Å²) in [4.78, 5) is 11.7. The predicted molar refractivity (Wildman–Crippen MR) is 69.8 cm³/mol. The second kappa shape index (κ2) is 6.54. The molecule has 0 unspecified atom stereocenters. The molecule has 0 aliphatic heterocycles. The molecule has 0 bridgehead atoms. The Bertz CT molecular complexity index is 385. The van der Waals surface area contributed by atoms with Crippen LogP contribution in [-0.4, -0.2) is 17.6 Å². The summed E-state index contributed by atoms with van der Waals surface area (Å²) in [6.45, 7) is 7.17. The van der Waals surface area contributed by atoms with Gasteiger partial charge in [0.15, 0.2) is 5.76 Å². The highest BCUT2D eigenvalue weighted by Crippen LogP contribution is 2.25. The van der Waals surface area contributed by atoms with Crippen molar-refractivity contribution in [2.75, 3.05) is 6.54 Å². The zero-order chi connectivity index (χ0) is 13.6. The van der Waals surface area contributed by atoms with Gasteiger partial charge in [0.05, 0.1) is 12.2 Å². The van der Waals surface area contributed by atoms with Gasteiger partial charge in [-0.2, -0.15) is 0 Å². The predicted octanol–water partition coefficient (Wildman–Crippen LogP) is 1.75. The van der Waals surface area contributed by atoms with Crippen LogP contribution in [0, 0.1) is 12.3 Å². The van der Waals surface area contributed by atoms with Crippen LogP contribution < -0.4 is 11.1 Å². The molecule has 0 aromatic carbocycles. The Balaban J connectivity index is 2.26. The molecule has 0 saturated carbocycles. The van der Waals surface area contributed by atoms with Gasteiger partial charge in [-0.05, 0) is 31.7 Å². The van der Waals surface area contributed by atoms with Crippen molar-refractivity contribution in [1.29, 1.82) is 0 Å². The van der Waals surface area contributed by atoms with Crippen LogP contribution in [-0.2, 0) is 11.3 Å². The molecular formula is C13H23N3O2. The van der Waals surface area contributed by atoms with Crippen LogP contribution in [0.2, 0.25) is 0 Å². The van der Waals surface area contributed by atoms with E-state index in [0.717, 1.165) is 18.5 Å². The van der Waals surface area contributed by atoms with Crippen LogP contribution >= 0.6 is 0 Å². The number of carbonyl (C=O) groups excluding carboxylic acids is 1. The summed E-state index contributed by atoms with van der Waals surface area (Å²) in [5.74, 6) is 0.719. The van der Waals surface area contributed by atoms with Gasteiger partial charge in [0.1, 0.15) is 0 Å². The first-order chi connectivity index (χ1) is 8.43. The third kappa shape index (κ3) is 5.31. The molecule has 1 rings (SSSR count). The van der Waals surface area contributed by atoms with Gasteiger partial charge in [-0.1, -0.05) is 19.0 Å². The topological polar surface area (TPSA) is 81.2 Å². The van der Waals surface area contributed by atoms with Gasteiger partial charge in [-0.15, -0.1) is 0 Å². The van der Waals surface area contributed by atoms with Crippen molar-refractivity contribution in [1.82, 2.24) is 10.5 Å². The number of rotatable bonds is 7. The molecule has 102 valence electrons. The van der Waals surface area contributed by atoms with Crippen LogP contribution in [0.3, 0.4) is 0 Å². The maximum Gasteiger partial charge on any atom is 0.220 e. The molecule has 0 atom stereocenters. The van der Waals surface area contributed by atoms with Crippen molar-refractivity contribution in [2.45, 2.75) is 46.6 Å². The summed E-state index contributed by atoms with van der Waals surface area (Å²) >= 11 is 0. The van der Waals surface area contributed by atoms with E-state index in [1.54, 1.807) is 0 Å². The quantitative estimate of drug-likeness (QED) is 0.775. The van der Waals surface area contributed by atoms with E-state index in [1.165, 1.54) is 0 Å². The first kappa shape index (κ1) is 14.7. The third-order valence-corrected chi connectivity index (χ3v) is 2.99. The molecule has 1 amide bonds. The number of amides is 1. The molecule has 0 fully saturated rings. The molecule has 1 aromatic heterocycles. The van der Waals surface area contributed by atoms with Crippen LogP contribution in [0.5, 0.6) is 0 Å². The number of aromatic nitrogens is 1. The lowest BCUT2D eigenvalue weighted by Crippen LogP contribution is -2.25. The zero-order valence-electron chi connectivity index (χ0n) is 11.5. The van der Waals surface area contributed by atoms with E-state index < -0.39 is 0 Å². The average molecular weight is 253 g/mol. The van der Waals surface area contributed by atoms with Gasteiger partial charge in [0, 0.05) is 12.5 Å². The van der Waals surface area contributed by atoms with Gasteiger partial charge in [-0.3, -0.25) is 4.79 Å². The van der Waals surface area contributed by atoms with E-state index in [4.69, 9.17) is 10.3 Å². The zero-order valence-corrected chi connectivity index (χ0v) is 11.5. The SMILES string of the molecule is Cc1cc(CNC(=O)CCC(C)(C)CCN)on1. The number of hydrogen-bond donors (Lipinski definition) is 2. The molecule has 0 saturated heterocycles. The maximum absolute atomic E-state index is 11.7. The monoisotopic (exact) mass is 253 g/mol. The van der Waals surface area contributed by atoms with Gasteiger partial charge in [0.25, 0.3) is 0 Å². The normalized spacial score (nSPS) is 11.6. The Morgan fingerprint density at radius 3 is 2.78 bits per heavy atom. The molecule has 1 heterocycles. The molecule has 5 nitrogen and oxygen atoms in total. The van der Waals surface area contributed by atoms with Crippen LogP contribution in [0.15, 0.2) is 10.6 Å². The van der Waals surface area contributed by atoms with Crippen molar-refractivity contribution < 1.29 is 9.32 Å². The lowest BCUT2D eigenvalue weighted by atomic mass is 9.84. The highest BCUT2D eigenvalue weighted by atomic mass is 16.5. The Labute approximate surface area is 108 Å². The van der Waals surface area contributed by atoms with Gasteiger partial charge in [-0.25, -0.2) is 0 Å². The highest BCUT2D eigenvalue weighted by molar-refractivity contribution is 5.75. The van der Waals surface area contributed by atoms with Crippen LogP contribution in [0.25, 0.3) is 0 Å². The van der Waals surface area contributed by atoms with E-state index in [-0.39, 0.29) is 11.3 Å². The maximum atomic E-state index is 11.7. The largest absolute Gasteiger partial charge is 0.359 e. The van der Waals surface area contributed by atoms with Crippen molar-refractivity contribution in [3.8, 4) is 0 Å². The second-order valence-corrected chi connectivity index (χ2v) is 5.41. The Morgan fingerprint density at radius 1 is 1.50 bits per heavy atom. The van der Waals surface area contributed by atoms with E-state index >= 15 is 0 Å². The van der Waals surface area contributed by atoms with Crippen LogP contribution in [0.4, 0.5) is 0 Å².